The fourth-order valence-corrected chi connectivity index (χ4v) is 1.02. The summed E-state index contributed by atoms with van der Waals surface area (Å²) in [5.41, 5.74) is 0. The maximum absolute atomic E-state index is 9.40. The van der Waals surface area contributed by atoms with Gasteiger partial charge in [0, 0.05) is 13.6 Å². The van der Waals surface area contributed by atoms with Gasteiger partial charge in [-0.3, -0.25) is 0 Å². The molecule has 13 heavy (non-hydrogen) atoms. The Morgan fingerprint density at radius 3 is 2.92 bits per heavy atom. The standard InChI is InChI=1S/C7H15N5O/c1-3-4-6(13)5-8-7-9-10-11-12(7)2/h6,13H,3-5H2,1-2H3,(H,8,9,11). The third kappa shape index (κ3) is 2.98. The molecule has 74 valence electrons. The van der Waals surface area contributed by atoms with Gasteiger partial charge in [0.25, 0.3) is 0 Å². The molecule has 6 heteroatoms. The number of aliphatic hydroxyl groups is 1. The van der Waals surface area contributed by atoms with Crippen LogP contribution in [0.3, 0.4) is 0 Å². The van der Waals surface area contributed by atoms with E-state index in [2.05, 4.69) is 20.8 Å². The van der Waals surface area contributed by atoms with Crippen molar-refractivity contribution in [1.82, 2.24) is 20.2 Å². The molecule has 2 N–H and O–H groups in total. The largest absolute Gasteiger partial charge is 0.391 e. The van der Waals surface area contributed by atoms with Crippen LogP contribution in [-0.2, 0) is 7.05 Å². The highest BCUT2D eigenvalue weighted by Gasteiger charge is 2.05. The second-order valence-electron chi connectivity index (χ2n) is 2.95. The summed E-state index contributed by atoms with van der Waals surface area (Å²) in [7, 11) is 1.74. The van der Waals surface area contributed by atoms with Crippen LogP contribution in [0.4, 0.5) is 5.95 Å². The molecule has 0 aliphatic rings. The van der Waals surface area contributed by atoms with E-state index in [0.29, 0.717) is 12.5 Å². The third-order valence-electron chi connectivity index (χ3n) is 1.74. The van der Waals surface area contributed by atoms with Crippen LogP contribution in [0.15, 0.2) is 0 Å². The van der Waals surface area contributed by atoms with Crippen molar-refractivity contribution in [2.45, 2.75) is 25.9 Å². The molecule has 0 fully saturated rings. The number of tetrazole rings is 1. The molecular formula is C7H15N5O. The van der Waals surface area contributed by atoms with E-state index in [1.807, 2.05) is 6.92 Å². The molecule has 0 amide bonds. The van der Waals surface area contributed by atoms with Gasteiger partial charge in [-0.25, -0.2) is 4.68 Å². The van der Waals surface area contributed by atoms with Gasteiger partial charge in [-0.15, -0.1) is 0 Å². The molecule has 1 aromatic rings. The van der Waals surface area contributed by atoms with E-state index < -0.39 is 0 Å². The molecule has 1 heterocycles. The van der Waals surface area contributed by atoms with Crippen LogP contribution >= 0.6 is 0 Å². The Bertz CT molecular complexity index is 249. The second-order valence-corrected chi connectivity index (χ2v) is 2.95. The molecule has 0 aliphatic carbocycles. The van der Waals surface area contributed by atoms with Crippen molar-refractivity contribution < 1.29 is 5.11 Å². The van der Waals surface area contributed by atoms with Crippen molar-refractivity contribution in [3.05, 3.63) is 0 Å². The van der Waals surface area contributed by atoms with Crippen molar-refractivity contribution in [3.63, 3.8) is 0 Å². The van der Waals surface area contributed by atoms with Crippen LogP contribution in [0.5, 0.6) is 0 Å². The Labute approximate surface area is 76.9 Å². The number of nitrogens with one attached hydrogen (secondary N) is 1. The molecule has 0 aliphatic heterocycles. The van der Waals surface area contributed by atoms with Crippen LogP contribution in [0.25, 0.3) is 0 Å². The molecule has 0 bridgehead atoms. The highest BCUT2D eigenvalue weighted by atomic mass is 16.3. The number of anilines is 1. The average Bonchev–Trinajstić information content (AvgIpc) is 2.48. The van der Waals surface area contributed by atoms with Gasteiger partial charge in [0.1, 0.15) is 0 Å². The predicted octanol–water partition coefficient (Wildman–Crippen LogP) is -0.217. The summed E-state index contributed by atoms with van der Waals surface area (Å²) >= 11 is 0. The van der Waals surface area contributed by atoms with E-state index in [1.54, 1.807) is 7.05 Å². The van der Waals surface area contributed by atoms with E-state index in [0.717, 1.165) is 12.8 Å². The number of hydrogen-bond acceptors (Lipinski definition) is 5. The Kier molecular flexibility index (Phi) is 3.63. The lowest BCUT2D eigenvalue weighted by molar-refractivity contribution is 0.176. The highest BCUT2D eigenvalue weighted by Crippen LogP contribution is 1.99. The van der Waals surface area contributed by atoms with Crippen molar-refractivity contribution >= 4 is 5.95 Å². The van der Waals surface area contributed by atoms with Gasteiger partial charge >= 0.3 is 0 Å². The summed E-state index contributed by atoms with van der Waals surface area (Å²) < 4.78 is 1.53. The van der Waals surface area contributed by atoms with Gasteiger partial charge in [-0.1, -0.05) is 18.4 Å². The van der Waals surface area contributed by atoms with Gasteiger partial charge in [-0.05, 0) is 16.8 Å². The van der Waals surface area contributed by atoms with Gasteiger partial charge < -0.3 is 10.4 Å². The lowest BCUT2D eigenvalue weighted by Crippen LogP contribution is -2.20. The number of rotatable bonds is 5. The predicted molar refractivity (Wildman–Crippen MR) is 48.2 cm³/mol. The Balaban J connectivity index is 2.30. The van der Waals surface area contributed by atoms with E-state index in [1.165, 1.54) is 4.68 Å². The van der Waals surface area contributed by atoms with E-state index in [4.69, 9.17) is 0 Å². The minimum absolute atomic E-state index is 0.332. The van der Waals surface area contributed by atoms with Gasteiger partial charge in [0.2, 0.25) is 5.95 Å². The topological polar surface area (TPSA) is 75.9 Å². The van der Waals surface area contributed by atoms with Crippen LogP contribution in [-0.4, -0.2) is 38.0 Å². The lowest BCUT2D eigenvalue weighted by atomic mass is 10.2. The van der Waals surface area contributed by atoms with Crippen LogP contribution in [0.1, 0.15) is 19.8 Å². The molecule has 0 saturated heterocycles. The molecule has 0 aromatic carbocycles. The van der Waals surface area contributed by atoms with Crippen LogP contribution in [0, 0.1) is 0 Å². The zero-order valence-electron chi connectivity index (χ0n) is 7.93. The average molecular weight is 185 g/mol. The van der Waals surface area contributed by atoms with Crippen LogP contribution in [0.2, 0.25) is 0 Å². The smallest absolute Gasteiger partial charge is 0.242 e. The number of aromatic nitrogens is 4. The van der Waals surface area contributed by atoms with Gasteiger partial charge in [0.05, 0.1) is 6.10 Å². The highest BCUT2D eigenvalue weighted by molar-refractivity contribution is 5.20. The van der Waals surface area contributed by atoms with E-state index in [-0.39, 0.29) is 6.10 Å². The monoisotopic (exact) mass is 185 g/mol. The number of aryl methyl sites for hydroxylation is 1. The molecule has 0 radical (unpaired) electrons. The second kappa shape index (κ2) is 4.76. The number of aliphatic hydroxyl groups excluding tert-OH is 1. The molecule has 0 spiro atoms. The Morgan fingerprint density at radius 1 is 1.62 bits per heavy atom. The van der Waals surface area contributed by atoms with E-state index in [9.17, 15) is 5.11 Å². The first-order chi connectivity index (χ1) is 6.24. The van der Waals surface area contributed by atoms with Gasteiger partial charge in [0.15, 0.2) is 0 Å². The molecule has 6 nitrogen and oxygen atoms in total. The fourth-order valence-electron chi connectivity index (χ4n) is 1.02. The summed E-state index contributed by atoms with van der Waals surface area (Å²) in [5, 5.41) is 23.2. The maximum atomic E-state index is 9.40. The molecule has 1 rings (SSSR count). The fraction of sp³-hybridized carbons (Fsp3) is 0.857. The Hall–Kier alpha value is -1.17. The number of nitrogens with zero attached hydrogens (tertiary/aromatic N) is 4. The summed E-state index contributed by atoms with van der Waals surface area (Å²) in [4.78, 5) is 0. The third-order valence-corrected chi connectivity index (χ3v) is 1.74. The van der Waals surface area contributed by atoms with E-state index >= 15 is 0 Å². The number of hydrogen-bond donors (Lipinski definition) is 2. The van der Waals surface area contributed by atoms with Gasteiger partial charge in [-0.2, -0.15) is 0 Å². The first kappa shape index (κ1) is 9.91. The Morgan fingerprint density at radius 2 is 2.38 bits per heavy atom. The van der Waals surface area contributed by atoms with Crippen molar-refractivity contribution in [2.75, 3.05) is 11.9 Å². The summed E-state index contributed by atoms with van der Waals surface area (Å²) in [5.74, 6) is 0.579. The molecule has 1 atom stereocenters. The molecular weight excluding hydrogens is 170 g/mol. The lowest BCUT2D eigenvalue weighted by Gasteiger charge is -2.09. The van der Waals surface area contributed by atoms with Crippen molar-refractivity contribution in [2.24, 2.45) is 7.05 Å². The summed E-state index contributed by atoms with van der Waals surface area (Å²) in [6.07, 6.45) is 1.43. The first-order valence-electron chi connectivity index (χ1n) is 4.38. The SMILES string of the molecule is CCCC(O)CNc1nnnn1C. The zero-order chi connectivity index (χ0) is 9.68. The summed E-state index contributed by atoms with van der Waals surface area (Å²) in [6.45, 7) is 2.52. The summed E-state index contributed by atoms with van der Waals surface area (Å²) in [6, 6.07) is 0. The minimum Gasteiger partial charge on any atom is -0.391 e. The minimum atomic E-state index is -0.332. The quantitative estimate of drug-likeness (QED) is 0.663. The molecule has 1 aromatic heterocycles. The van der Waals surface area contributed by atoms with Crippen molar-refractivity contribution in [3.8, 4) is 0 Å². The molecule has 1 unspecified atom stereocenters. The first-order valence-corrected chi connectivity index (χ1v) is 4.38. The maximum Gasteiger partial charge on any atom is 0.242 e. The normalized spacial score (nSPS) is 12.8. The van der Waals surface area contributed by atoms with Crippen molar-refractivity contribution in [1.29, 1.82) is 0 Å². The van der Waals surface area contributed by atoms with Crippen LogP contribution < -0.4 is 5.32 Å². The molecule has 0 saturated carbocycles. The zero-order valence-corrected chi connectivity index (χ0v) is 7.93.